The minimum Gasteiger partial charge on any atom is -0.493 e. The van der Waals surface area contributed by atoms with Crippen LogP contribution in [-0.4, -0.2) is 44.1 Å². The molecule has 2 N–H and O–H groups in total. The zero-order chi connectivity index (χ0) is 23.0. The Morgan fingerprint density at radius 2 is 1.74 bits per heavy atom. The van der Waals surface area contributed by atoms with Crippen molar-refractivity contribution in [2.24, 2.45) is 5.73 Å². The van der Waals surface area contributed by atoms with Crippen LogP contribution < -0.4 is 20.1 Å². The highest BCUT2D eigenvalue weighted by Crippen LogP contribution is 2.29. The number of nitrogens with two attached hydrogens (primary N) is 1. The van der Waals surface area contributed by atoms with Crippen molar-refractivity contribution in [2.45, 2.75) is 26.4 Å². The van der Waals surface area contributed by atoms with Gasteiger partial charge in [-0.2, -0.15) is 0 Å². The van der Waals surface area contributed by atoms with Crippen molar-refractivity contribution in [3.05, 3.63) is 53.8 Å². The lowest BCUT2D eigenvalue weighted by Gasteiger charge is -2.22. The van der Waals surface area contributed by atoms with Crippen molar-refractivity contribution in [2.75, 3.05) is 25.2 Å². The maximum atomic E-state index is 13.2. The molecule has 0 heterocycles. The van der Waals surface area contributed by atoms with Gasteiger partial charge in [-0.25, -0.2) is 9.18 Å². The number of anilines is 1. The number of esters is 1. The first-order chi connectivity index (χ1) is 14.7. The van der Waals surface area contributed by atoms with Crippen molar-refractivity contribution >= 4 is 23.5 Å². The Labute approximate surface area is 179 Å². The molecule has 0 saturated carbocycles. The Bertz CT molecular complexity index is 930. The molecule has 0 atom stereocenters. The van der Waals surface area contributed by atoms with Crippen LogP contribution in [0, 0.1) is 5.82 Å². The summed E-state index contributed by atoms with van der Waals surface area (Å²) >= 11 is 0. The van der Waals surface area contributed by atoms with E-state index in [0.29, 0.717) is 17.2 Å². The van der Waals surface area contributed by atoms with E-state index in [4.69, 9.17) is 19.9 Å². The number of rotatable bonds is 10. The van der Waals surface area contributed by atoms with Gasteiger partial charge in [-0.1, -0.05) is 0 Å². The quantitative estimate of drug-likeness (QED) is 0.579. The summed E-state index contributed by atoms with van der Waals surface area (Å²) in [6, 6.07) is 9.66. The third kappa shape index (κ3) is 6.98. The van der Waals surface area contributed by atoms with E-state index in [9.17, 15) is 18.8 Å². The smallest absolute Gasteiger partial charge is 0.338 e. The number of methoxy groups -OCH3 is 1. The maximum absolute atomic E-state index is 13.2. The van der Waals surface area contributed by atoms with E-state index in [2.05, 4.69) is 0 Å². The van der Waals surface area contributed by atoms with Gasteiger partial charge in [0.25, 0.3) is 5.91 Å². The van der Waals surface area contributed by atoms with Crippen molar-refractivity contribution in [3.8, 4) is 11.5 Å². The van der Waals surface area contributed by atoms with E-state index in [1.54, 1.807) is 6.07 Å². The molecule has 2 rings (SSSR count). The third-order valence-corrected chi connectivity index (χ3v) is 4.11. The summed E-state index contributed by atoms with van der Waals surface area (Å²) in [6.07, 6.45) is -0.187. The van der Waals surface area contributed by atoms with E-state index in [1.807, 2.05) is 13.8 Å². The average molecular weight is 432 g/mol. The summed E-state index contributed by atoms with van der Waals surface area (Å²) in [5, 5.41) is 0. The van der Waals surface area contributed by atoms with Gasteiger partial charge in [0.1, 0.15) is 5.82 Å². The number of benzene rings is 2. The summed E-state index contributed by atoms with van der Waals surface area (Å²) in [5.41, 5.74) is 5.69. The molecule has 166 valence electrons. The Kier molecular flexibility index (Phi) is 8.36. The van der Waals surface area contributed by atoms with Gasteiger partial charge in [0.05, 0.1) is 18.8 Å². The van der Waals surface area contributed by atoms with E-state index in [-0.39, 0.29) is 24.6 Å². The molecular weight excluding hydrogens is 407 g/mol. The van der Waals surface area contributed by atoms with E-state index in [0.717, 1.165) is 0 Å². The van der Waals surface area contributed by atoms with Crippen LogP contribution in [0.5, 0.6) is 11.5 Å². The van der Waals surface area contributed by atoms with Gasteiger partial charge < -0.3 is 24.8 Å². The third-order valence-electron chi connectivity index (χ3n) is 4.11. The van der Waals surface area contributed by atoms with Gasteiger partial charge in [-0.05, 0) is 56.3 Å². The van der Waals surface area contributed by atoms with Gasteiger partial charge in [-0.3, -0.25) is 9.59 Å². The summed E-state index contributed by atoms with van der Waals surface area (Å²) in [7, 11) is 1.44. The molecule has 2 amide bonds. The number of amides is 2. The molecule has 9 heteroatoms. The van der Waals surface area contributed by atoms with Crippen LogP contribution in [0.4, 0.5) is 10.1 Å². The largest absolute Gasteiger partial charge is 0.493 e. The lowest BCUT2D eigenvalue weighted by atomic mass is 10.2. The molecule has 8 nitrogen and oxygen atoms in total. The second kappa shape index (κ2) is 11.0. The predicted octanol–water partition coefficient (Wildman–Crippen LogP) is 2.69. The maximum Gasteiger partial charge on any atom is 0.338 e. The highest BCUT2D eigenvalue weighted by atomic mass is 19.1. The fourth-order valence-corrected chi connectivity index (χ4v) is 2.68. The Morgan fingerprint density at radius 3 is 2.32 bits per heavy atom. The highest BCUT2D eigenvalue weighted by molar-refractivity contribution is 5.97. The minimum atomic E-state index is -0.739. The van der Waals surface area contributed by atoms with Gasteiger partial charge in [0.15, 0.2) is 18.1 Å². The summed E-state index contributed by atoms with van der Waals surface area (Å²) in [4.78, 5) is 37.4. The normalized spacial score (nSPS) is 10.5. The Balaban J connectivity index is 2.09. The zero-order valence-corrected chi connectivity index (χ0v) is 17.6. The van der Waals surface area contributed by atoms with E-state index >= 15 is 0 Å². The fraction of sp³-hybridized carbons (Fsp3) is 0.318. The molecule has 2 aromatic rings. The second-order valence-electron chi connectivity index (χ2n) is 6.85. The first kappa shape index (κ1) is 23.7. The van der Waals surface area contributed by atoms with Crippen molar-refractivity contribution < 1.29 is 33.0 Å². The van der Waals surface area contributed by atoms with Gasteiger partial charge in [0.2, 0.25) is 5.91 Å². The molecule has 2 aromatic carbocycles. The molecule has 0 fully saturated rings. The average Bonchev–Trinajstić information content (AvgIpc) is 2.73. The topological polar surface area (TPSA) is 108 Å². The number of carbonyl (C=O) groups excluding carboxylic acids is 3. The number of primary amides is 1. The van der Waals surface area contributed by atoms with Crippen LogP contribution in [-0.2, 0) is 14.3 Å². The SMILES string of the molecule is COc1cc(C(=O)OCC(=O)N(CCC(N)=O)c2ccc(F)cc2)ccc1OC(C)C. The number of nitrogens with zero attached hydrogens (tertiary/aromatic N) is 1. The number of ether oxygens (including phenoxy) is 3. The van der Waals surface area contributed by atoms with Crippen molar-refractivity contribution in [3.63, 3.8) is 0 Å². The van der Waals surface area contributed by atoms with Crippen LogP contribution in [0.1, 0.15) is 30.6 Å². The van der Waals surface area contributed by atoms with Gasteiger partial charge >= 0.3 is 5.97 Å². The zero-order valence-electron chi connectivity index (χ0n) is 17.6. The summed E-state index contributed by atoms with van der Waals surface area (Å²) < 4.78 is 29.2. The molecule has 0 radical (unpaired) electrons. The van der Waals surface area contributed by atoms with E-state index in [1.165, 1.54) is 48.4 Å². The molecule has 0 aliphatic carbocycles. The van der Waals surface area contributed by atoms with Crippen LogP contribution in [0.3, 0.4) is 0 Å². The number of hydrogen-bond donors (Lipinski definition) is 1. The number of hydrogen-bond acceptors (Lipinski definition) is 6. The van der Waals surface area contributed by atoms with Crippen LogP contribution >= 0.6 is 0 Å². The summed E-state index contributed by atoms with van der Waals surface area (Å²) in [5.74, 6) is -1.59. The first-order valence-electron chi connectivity index (χ1n) is 9.57. The molecule has 0 spiro atoms. The van der Waals surface area contributed by atoms with Gasteiger partial charge in [-0.15, -0.1) is 0 Å². The highest BCUT2D eigenvalue weighted by Gasteiger charge is 2.20. The van der Waals surface area contributed by atoms with Crippen LogP contribution in [0.2, 0.25) is 0 Å². The molecule has 0 unspecified atom stereocenters. The minimum absolute atomic E-state index is 0.0353. The molecule has 31 heavy (non-hydrogen) atoms. The number of halogens is 1. The second-order valence-corrected chi connectivity index (χ2v) is 6.85. The van der Waals surface area contributed by atoms with Crippen LogP contribution in [0.25, 0.3) is 0 Å². The molecule has 0 bridgehead atoms. The molecular formula is C22H25FN2O6. The van der Waals surface area contributed by atoms with Crippen LogP contribution in [0.15, 0.2) is 42.5 Å². The molecule has 0 saturated heterocycles. The van der Waals surface area contributed by atoms with Crippen molar-refractivity contribution in [1.29, 1.82) is 0 Å². The Hall–Kier alpha value is -3.62. The van der Waals surface area contributed by atoms with Gasteiger partial charge in [0, 0.05) is 18.7 Å². The van der Waals surface area contributed by atoms with Crippen molar-refractivity contribution in [1.82, 2.24) is 0 Å². The predicted molar refractivity (Wildman–Crippen MR) is 112 cm³/mol. The lowest BCUT2D eigenvalue weighted by Crippen LogP contribution is -2.37. The summed E-state index contributed by atoms with van der Waals surface area (Å²) in [6.45, 7) is 3.10. The molecule has 0 aliphatic heterocycles. The molecule has 0 aromatic heterocycles. The first-order valence-corrected chi connectivity index (χ1v) is 9.57. The van der Waals surface area contributed by atoms with E-state index < -0.39 is 30.2 Å². The lowest BCUT2D eigenvalue weighted by molar-refractivity contribution is -0.121. The number of carbonyl (C=O) groups is 3. The molecule has 0 aliphatic rings. The monoisotopic (exact) mass is 432 g/mol. The Morgan fingerprint density at radius 1 is 1.06 bits per heavy atom. The standard InChI is InChI=1S/C22H25FN2O6/c1-14(2)31-18-9-4-15(12-19(18)29-3)22(28)30-13-21(27)25(11-10-20(24)26)17-7-5-16(23)6-8-17/h4-9,12,14H,10-11,13H2,1-3H3,(H2,24,26). The fourth-order valence-electron chi connectivity index (χ4n) is 2.68.